The van der Waals surface area contributed by atoms with Crippen LogP contribution in [0.2, 0.25) is 0 Å². The Morgan fingerprint density at radius 3 is 1.66 bits per heavy atom. The Kier molecular flexibility index (Phi) is 12.0. The first-order chi connectivity index (χ1) is 24.9. The summed E-state index contributed by atoms with van der Waals surface area (Å²) in [6.45, 7) is 5.68. The molecule has 0 spiro atoms. The number of para-hydroxylation sites is 1. The molecule has 0 aliphatic heterocycles. The van der Waals surface area contributed by atoms with E-state index in [0.717, 1.165) is 0 Å². The van der Waals surface area contributed by atoms with Crippen molar-refractivity contribution in [3.8, 4) is 33.8 Å². The lowest BCUT2D eigenvalue weighted by Gasteiger charge is -2.16. The number of anilines is 2. The minimum Gasteiger partial charge on any atom is -0.448 e. The number of hydrogen-bond donors (Lipinski definition) is 2. The number of pyridine rings is 2. The monoisotopic (exact) mass is 790 g/mol. The van der Waals surface area contributed by atoms with Gasteiger partial charge in [-0.05, 0) is 78.3 Å². The van der Waals surface area contributed by atoms with Crippen LogP contribution in [0, 0.1) is 39.9 Å². The predicted molar refractivity (Wildman–Crippen MR) is 200 cm³/mol. The predicted octanol–water partition coefficient (Wildman–Crippen LogP) is 7.15. The van der Waals surface area contributed by atoms with Gasteiger partial charge in [-0.15, -0.1) is 0 Å². The zero-order chi connectivity index (χ0) is 39.3. The van der Waals surface area contributed by atoms with Crippen LogP contribution >= 0.6 is 15.9 Å². The summed E-state index contributed by atoms with van der Waals surface area (Å²) < 4.78 is 23.9. The Balaban J connectivity index is 0.000000245. The summed E-state index contributed by atoms with van der Waals surface area (Å²) in [6, 6.07) is 15.7. The van der Waals surface area contributed by atoms with Gasteiger partial charge in [-0.25, -0.2) is 0 Å². The molecule has 17 heteroatoms. The molecule has 0 bridgehead atoms. The maximum absolute atomic E-state index is 14.6. The van der Waals surface area contributed by atoms with Crippen molar-refractivity contribution < 1.29 is 28.6 Å². The fourth-order valence-corrected chi connectivity index (χ4v) is 5.68. The maximum Gasteiger partial charge on any atom is 0.335 e. The summed E-state index contributed by atoms with van der Waals surface area (Å²) in [5.74, 6) is -1.74. The average Bonchev–Trinajstić information content (AvgIpc) is 3.06. The van der Waals surface area contributed by atoms with Crippen LogP contribution in [-0.2, 0) is 23.7 Å². The van der Waals surface area contributed by atoms with Gasteiger partial charge in [-0.3, -0.25) is 39.4 Å². The van der Waals surface area contributed by atoms with Gasteiger partial charge in [0.15, 0.2) is 0 Å². The fourth-order valence-electron chi connectivity index (χ4n) is 5.32. The molecule has 0 unspecified atom stereocenters. The topological polar surface area (TPSA) is 198 Å². The van der Waals surface area contributed by atoms with Crippen molar-refractivity contribution in [3.05, 3.63) is 135 Å². The number of aromatic nitrogens is 2. The van der Waals surface area contributed by atoms with E-state index in [1.54, 1.807) is 63.5 Å². The molecule has 2 amide bonds. The van der Waals surface area contributed by atoms with Gasteiger partial charge in [0.05, 0.1) is 14.3 Å². The second-order valence-electron chi connectivity index (χ2n) is 11.7. The van der Waals surface area contributed by atoms with Crippen molar-refractivity contribution >= 4 is 50.5 Å². The molecular formula is C36H32BrFN6O9. The van der Waals surface area contributed by atoms with Gasteiger partial charge < -0.3 is 24.5 Å². The number of aryl methyl sites for hydroxylation is 4. The number of rotatable bonds is 8. The summed E-state index contributed by atoms with van der Waals surface area (Å²) in [5.41, 5.74) is 0.339. The summed E-state index contributed by atoms with van der Waals surface area (Å²) in [7, 11) is 3.12. The molecule has 2 N–H and O–H groups in total. The van der Waals surface area contributed by atoms with Crippen LogP contribution in [0.1, 0.15) is 25.0 Å². The molecule has 0 aliphatic rings. The van der Waals surface area contributed by atoms with Crippen LogP contribution in [0.15, 0.2) is 87.1 Å². The first kappa shape index (κ1) is 39.3. The van der Waals surface area contributed by atoms with Crippen molar-refractivity contribution in [3.63, 3.8) is 0 Å². The molecule has 0 fully saturated rings. The van der Waals surface area contributed by atoms with E-state index in [1.807, 2.05) is 0 Å². The quantitative estimate of drug-likeness (QED) is 0.121. The van der Waals surface area contributed by atoms with E-state index in [4.69, 9.17) is 4.74 Å². The molecule has 2 heterocycles. The van der Waals surface area contributed by atoms with E-state index < -0.39 is 33.2 Å². The Hall–Kier alpha value is -6.49. The van der Waals surface area contributed by atoms with Crippen molar-refractivity contribution in [1.82, 2.24) is 9.13 Å². The third kappa shape index (κ3) is 8.88. The summed E-state index contributed by atoms with van der Waals surface area (Å²) in [6.07, 6.45) is 2.98. The molecule has 0 saturated carbocycles. The number of benzene rings is 3. The first-order valence-electron chi connectivity index (χ1n) is 15.5. The molecule has 2 aromatic heterocycles. The SMILES string of the molecule is CC(=O)Nc1ccc(-c2cc(C)c(=O)n(C)c2)c(F)c1[N+](=O)[O-].CC(=O)Nc1ccc(-c2cc(C)c(=O)n(C)c2)c(Oc2ccccc2Br)c1[N+](=O)[O-]. The number of carbonyl (C=O) groups is 2. The van der Waals surface area contributed by atoms with E-state index in [-0.39, 0.29) is 39.5 Å². The third-order valence-corrected chi connectivity index (χ3v) is 8.28. The largest absolute Gasteiger partial charge is 0.448 e. The number of ether oxygens (including phenoxy) is 1. The maximum atomic E-state index is 14.6. The normalized spacial score (nSPS) is 10.5. The zero-order valence-electron chi connectivity index (χ0n) is 29.1. The van der Waals surface area contributed by atoms with Crippen molar-refractivity contribution in [2.24, 2.45) is 14.1 Å². The summed E-state index contributed by atoms with van der Waals surface area (Å²) >= 11 is 3.38. The number of nitrogens with one attached hydrogen (secondary N) is 2. The Labute approximate surface area is 309 Å². The van der Waals surface area contributed by atoms with Gasteiger partial charge in [0.25, 0.3) is 11.1 Å². The third-order valence-electron chi connectivity index (χ3n) is 7.63. The van der Waals surface area contributed by atoms with E-state index in [0.29, 0.717) is 38.0 Å². The van der Waals surface area contributed by atoms with E-state index in [2.05, 4.69) is 26.6 Å². The number of hydrogen-bond acceptors (Lipinski definition) is 9. The smallest absolute Gasteiger partial charge is 0.335 e. The van der Waals surface area contributed by atoms with Gasteiger partial charge in [0.2, 0.25) is 23.4 Å². The Morgan fingerprint density at radius 1 is 0.755 bits per heavy atom. The lowest BCUT2D eigenvalue weighted by atomic mass is 10.0. The number of carbonyl (C=O) groups excluding carboxylic acids is 2. The number of nitro benzene ring substituents is 2. The molecule has 5 rings (SSSR count). The van der Waals surface area contributed by atoms with Crippen LogP contribution in [-0.4, -0.2) is 30.8 Å². The van der Waals surface area contributed by atoms with Gasteiger partial charge in [0, 0.05) is 73.7 Å². The molecule has 3 aromatic carbocycles. The molecule has 5 aromatic rings. The molecule has 53 heavy (non-hydrogen) atoms. The van der Waals surface area contributed by atoms with Gasteiger partial charge >= 0.3 is 11.4 Å². The zero-order valence-corrected chi connectivity index (χ0v) is 30.7. The molecule has 15 nitrogen and oxygen atoms in total. The Morgan fingerprint density at radius 2 is 1.21 bits per heavy atom. The first-order valence-corrected chi connectivity index (χ1v) is 16.3. The van der Waals surface area contributed by atoms with Crippen molar-refractivity contribution in [2.75, 3.05) is 10.6 Å². The molecule has 0 atom stereocenters. The fraction of sp³-hybridized carbons (Fsp3) is 0.167. The van der Waals surface area contributed by atoms with Gasteiger partial charge in [0.1, 0.15) is 17.1 Å². The van der Waals surface area contributed by atoms with Gasteiger partial charge in [-0.2, -0.15) is 4.39 Å². The van der Waals surface area contributed by atoms with E-state index in [9.17, 15) is 43.8 Å². The summed E-state index contributed by atoms with van der Waals surface area (Å²) in [4.78, 5) is 68.1. The van der Waals surface area contributed by atoms with Crippen LogP contribution in [0.25, 0.3) is 22.3 Å². The highest BCUT2D eigenvalue weighted by atomic mass is 79.9. The minimum atomic E-state index is -1.07. The highest BCUT2D eigenvalue weighted by Gasteiger charge is 2.28. The molecule has 274 valence electrons. The number of halogens is 2. The van der Waals surface area contributed by atoms with Crippen LogP contribution in [0.3, 0.4) is 0 Å². The molecular weight excluding hydrogens is 759 g/mol. The second kappa shape index (κ2) is 16.2. The molecule has 0 saturated heterocycles. The lowest BCUT2D eigenvalue weighted by molar-refractivity contribution is -0.386. The van der Waals surface area contributed by atoms with Crippen molar-refractivity contribution in [1.29, 1.82) is 0 Å². The number of nitrogens with zero attached hydrogens (tertiary/aromatic N) is 4. The number of amides is 2. The standard InChI is InChI=1S/C21H18BrN3O5.C15H14FN3O4/c1-12-10-14(11-24(3)21(12)27)15-8-9-17(23-13(2)26)19(25(28)29)20(15)30-18-7-5-4-6-16(18)22;1-8-6-10(7-18(3)15(8)21)11-4-5-12(17-9(2)20)14(13(11)16)19(22)23/h4-11H,1-3H3,(H,23,26);4-7H,1-3H3,(H,17,20). The Bertz CT molecular complexity index is 2370. The number of nitro groups is 2. The van der Waals surface area contributed by atoms with Gasteiger partial charge in [-0.1, -0.05) is 12.1 Å². The second-order valence-corrected chi connectivity index (χ2v) is 12.6. The molecule has 0 aliphatic carbocycles. The van der Waals surface area contributed by atoms with Crippen LogP contribution < -0.4 is 26.5 Å². The van der Waals surface area contributed by atoms with Crippen molar-refractivity contribution in [2.45, 2.75) is 27.7 Å². The highest BCUT2D eigenvalue weighted by Crippen LogP contribution is 2.46. The highest BCUT2D eigenvalue weighted by molar-refractivity contribution is 9.10. The molecule has 0 radical (unpaired) electrons. The van der Waals surface area contributed by atoms with Crippen LogP contribution in [0.5, 0.6) is 11.5 Å². The average molecular weight is 792 g/mol. The summed E-state index contributed by atoms with van der Waals surface area (Å²) in [5, 5.41) is 27.8. The van der Waals surface area contributed by atoms with Crippen LogP contribution in [0.4, 0.5) is 27.1 Å². The van der Waals surface area contributed by atoms with E-state index >= 15 is 0 Å². The van der Waals surface area contributed by atoms with E-state index in [1.165, 1.54) is 60.5 Å². The lowest BCUT2D eigenvalue weighted by Crippen LogP contribution is -2.18. The minimum absolute atomic E-state index is 0.0137.